The number of nitrogens with zero attached hydrogens (tertiary/aromatic N) is 1. The fourth-order valence-corrected chi connectivity index (χ4v) is 8.34. The highest BCUT2D eigenvalue weighted by Crippen LogP contribution is 2.20. The zero-order chi connectivity index (χ0) is 52.6. The Hall–Kier alpha value is -4.82. The quantitative estimate of drug-likeness (QED) is 0.0172. The van der Waals surface area contributed by atoms with Crippen LogP contribution in [0.3, 0.4) is 0 Å². The summed E-state index contributed by atoms with van der Waals surface area (Å²) in [4.78, 5) is 111. The number of carboxylic acids is 1. The molecule has 1 saturated heterocycles. The third kappa shape index (κ3) is 24.3. The van der Waals surface area contributed by atoms with E-state index in [-0.39, 0.29) is 63.5 Å². The van der Waals surface area contributed by atoms with E-state index in [9.17, 15) is 43.5 Å². The molecule has 8 atom stereocenters. The number of amides is 7. The van der Waals surface area contributed by atoms with Crippen LogP contribution in [0.25, 0.3) is 0 Å². The van der Waals surface area contributed by atoms with Crippen LogP contribution < -0.4 is 71.6 Å². The van der Waals surface area contributed by atoms with Crippen molar-refractivity contribution in [1.29, 1.82) is 5.41 Å². The highest BCUT2D eigenvalue weighted by molar-refractivity contribution is 7.98. The molecule has 0 aromatic heterocycles. The zero-order valence-corrected chi connectivity index (χ0v) is 42.5. The molecule has 1 rings (SSSR count). The highest BCUT2D eigenvalue weighted by atomic mass is 32.2. The second kappa shape index (κ2) is 36.2. The molecule has 0 bridgehead atoms. The van der Waals surface area contributed by atoms with E-state index >= 15 is 0 Å². The van der Waals surface area contributed by atoms with Gasteiger partial charge in [0, 0.05) is 13.1 Å². The number of nitrogens with one attached hydrogen (secondary N) is 8. The van der Waals surface area contributed by atoms with Crippen LogP contribution >= 0.6 is 11.8 Å². The van der Waals surface area contributed by atoms with Crippen molar-refractivity contribution in [1.82, 2.24) is 42.1 Å². The summed E-state index contributed by atoms with van der Waals surface area (Å²) < 4.78 is 0. The fourth-order valence-electron chi connectivity index (χ4n) is 7.85. The topological polar surface area (TPSA) is 424 Å². The normalized spacial score (nSPS) is 16.4. The van der Waals surface area contributed by atoms with Gasteiger partial charge in [-0.2, -0.15) is 11.8 Å². The van der Waals surface area contributed by atoms with Gasteiger partial charge in [-0.1, -0.05) is 13.8 Å². The number of hydrogen-bond donors (Lipinski definition) is 15. The van der Waals surface area contributed by atoms with Crippen LogP contribution in [0.15, 0.2) is 0 Å². The Bertz CT molecular complexity index is 1650. The van der Waals surface area contributed by atoms with Gasteiger partial charge in [-0.3, -0.25) is 39.0 Å². The van der Waals surface area contributed by atoms with Crippen LogP contribution in [0.1, 0.15) is 123 Å². The summed E-state index contributed by atoms with van der Waals surface area (Å²) in [6.45, 7) is 5.01. The number of nitrogens with two attached hydrogens (primary N) is 6. The first-order valence-corrected chi connectivity index (χ1v) is 26.2. The number of unbranched alkanes of at least 4 members (excludes halogenated alkanes) is 4. The molecule has 7 amide bonds. The Kier molecular flexibility index (Phi) is 32.6. The SMILES string of the molecule is CSCC[C@H](N)C(=O)N1CCC[C@H]1C(=O)N[C@@H](CCCCN)C(=O)N[C@@H](CCCCN)C(=O)N[C@@H](CCCCN)C(=O)N[C@@H](CCCNC(=N)N)C(=O)N[C@@H](CCCCN)C(=O)N[C@H](C(=O)O)C(C)C. The van der Waals surface area contributed by atoms with Crippen LogP contribution in [0, 0.1) is 11.3 Å². The van der Waals surface area contributed by atoms with Crippen molar-refractivity contribution in [2.24, 2.45) is 40.3 Å². The average Bonchev–Trinajstić information content (AvgIpc) is 3.82. The van der Waals surface area contributed by atoms with Gasteiger partial charge in [0.15, 0.2) is 5.96 Å². The largest absolute Gasteiger partial charge is 0.480 e. The Morgan fingerprint density at radius 3 is 1.36 bits per heavy atom. The molecule has 24 nitrogen and oxygen atoms in total. The summed E-state index contributed by atoms with van der Waals surface area (Å²) in [7, 11) is 0. The molecule has 0 aliphatic carbocycles. The minimum atomic E-state index is -1.28. The molecular formula is C45H87N15O9S. The molecule has 1 aliphatic rings. The van der Waals surface area contributed by atoms with Gasteiger partial charge in [-0.15, -0.1) is 0 Å². The molecule has 0 radical (unpaired) electrons. The van der Waals surface area contributed by atoms with Gasteiger partial charge in [0.1, 0.15) is 42.3 Å². The first-order chi connectivity index (χ1) is 33.4. The number of carbonyl (C=O) groups is 8. The molecular weight excluding hydrogens is 927 g/mol. The van der Waals surface area contributed by atoms with Crippen molar-refractivity contribution in [2.75, 3.05) is 51.3 Å². The number of likely N-dealkylation sites (tertiary alicyclic amines) is 1. The molecule has 0 spiro atoms. The van der Waals surface area contributed by atoms with Gasteiger partial charge in [-0.05, 0) is 153 Å². The molecule has 402 valence electrons. The Labute approximate surface area is 417 Å². The van der Waals surface area contributed by atoms with E-state index < -0.39 is 95.7 Å². The average molecular weight is 1010 g/mol. The summed E-state index contributed by atoms with van der Waals surface area (Å²) in [5.41, 5.74) is 34.7. The number of rotatable bonds is 38. The van der Waals surface area contributed by atoms with Gasteiger partial charge in [0.25, 0.3) is 0 Å². The zero-order valence-electron chi connectivity index (χ0n) is 41.7. The lowest BCUT2D eigenvalue weighted by Gasteiger charge is -2.29. The molecule has 0 saturated carbocycles. The second-order valence-electron chi connectivity index (χ2n) is 18.1. The summed E-state index contributed by atoms with van der Waals surface area (Å²) >= 11 is 1.56. The van der Waals surface area contributed by atoms with Gasteiger partial charge in [0.2, 0.25) is 41.4 Å². The van der Waals surface area contributed by atoms with E-state index in [1.54, 1.807) is 25.6 Å². The van der Waals surface area contributed by atoms with Gasteiger partial charge in [-0.25, -0.2) is 4.79 Å². The molecule has 1 aliphatic heterocycles. The first-order valence-electron chi connectivity index (χ1n) is 24.8. The Morgan fingerprint density at radius 2 is 1.00 bits per heavy atom. The Balaban J connectivity index is 3.49. The molecule has 1 heterocycles. The Morgan fingerprint density at radius 1 is 0.614 bits per heavy atom. The van der Waals surface area contributed by atoms with Crippen LogP contribution in [0.2, 0.25) is 0 Å². The van der Waals surface area contributed by atoms with Crippen molar-refractivity contribution in [3.05, 3.63) is 0 Å². The minimum Gasteiger partial charge on any atom is -0.480 e. The molecule has 70 heavy (non-hydrogen) atoms. The van der Waals surface area contributed by atoms with Crippen LogP contribution in [-0.4, -0.2) is 163 Å². The summed E-state index contributed by atoms with van der Waals surface area (Å²) in [6.07, 6.45) is 7.80. The van der Waals surface area contributed by atoms with Crippen molar-refractivity contribution in [2.45, 2.75) is 171 Å². The monoisotopic (exact) mass is 1010 g/mol. The molecule has 1 fully saturated rings. The van der Waals surface area contributed by atoms with Crippen LogP contribution in [-0.2, 0) is 38.4 Å². The van der Waals surface area contributed by atoms with E-state index in [2.05, 4.69) is 37.2 Å². The molecule has 0 unspecified atom stereocenters. The van der Waals surface area contributed by atoms with Crippen LogP contribution in [0.4, 0.5) is 0 Å². The molecule has 0 aromatic carbocycles. The summed E-state index contributed by atoms with van der Waals surface area (Å²) in [5.74, 6) is -5.82. The van der Waals surface area contributed by atoms with Crippen LogP contribution in [0.5, 0.6) is 0 Å². The van der Waals surface area contributed by atoms with E-state index in [1.165, 1.54) is 4.90 Å². The van der Waals surface area contributed by atoms with E-state index in [1.807, 2.05) is 6.26 Å². The van der Waals surface area contributed by atoms with E-state index in [0.717, 1.165) is 0 Å². The van der Waals surface area contributed by atoms with Crippen molar-refractivity contribution < 1.29 is 43.5 Å². The maximum absolute atomic E-state index is 14.3. The maximum atomic E-state index is 14.3. The lowest BCUT2D eigenvalue weighted by Crippen LogP contribution is -2.60. The van der Waals surface area contributed by atoms with E-state index in [0.29, 0.717) is 103 Å². The minimum absolute atomic E-state index is 0.00512. The second-order valence-corrected chi connectivity index (χ2v) is 19.1. The summed E-state index contributed by atoms with van der Waals surface area (Å²) in [5, 5.41) is 36.2. The number of aliphatic carboxylic acids is 1. The number of carbonyl (C=O) groups excluding carboxylic acids is 7. The van der Waals surface area contributed by atoms with Gasteiger partial charge in [0.05, 0.1) is 6.04 Å². The third-order valence-electron chi connectivity index (χ3n) is 12.0. The summed E-state index contributed by atoms with van der Waals surface area (Å²) in [6, 6.07) is -8.86. The van der Waals surface area contributed by atoms with Crippen molar-refractivity contribution in [3.8, 4) is 0 Å². The lowest BCUT2D eigenvalue weighted by molar-refractivity contribution is -0.143. The lowest BCUT2D eigenvalue weighted by atomic mass is 10.0. The molecule has 25 heteroatoms. The predicted octanol–water partition coefficient (Wildman–Crippen LogP) is -2.51. The maximum Gasteiger partial charge on any atom is 0.326 e. The van der Waals surface area contributed by atoms with E-state index in [4.69, 9.17) is 39.8 Å². The van der Waals surface area contributed by atoms with Gasteiger partial charge >= 0.3 is 5.97 Å². The first kappa shape index (κ1) is 63.2. The smallest absolute Gasteiger partial charge is 0.326 e. The standard InChI is InChI=1S/C45H87N15O9S/c1-28(2)36(44(68)69)59-41(65)33(17-7-11-24-49)56-40(64)34(18-12-25-53-45(51)52)57-38(62)31(15-5-9-22-47)54-37(61)30(14-4-8-21-46)55-39(63)32(16-6-10-23-48)58-42(66)35-19-13-26-60(35)43(67)29(50)20-27-70-3/h28-36H,4-27,46-50H2,1-3H3,(H,54,61)(H,55,63)(H,56,64)(H,57,62)(H,58,66)(H,59,65)(H,68,69)(H4,51,52,53)/t29-,30-,31-,32-,33-,34-,35-,36-/m0/s1. The number of hydrogen-bond acceptors (Lipinski definition) is 15. The predicted molar refractivity (Wildman–Crippen MR) is 271 cm³/mol. The fraction of sp³-hybridized carbons (Fsp3) is 0.800. The molecule has 0 aromatic rings. The number of carboxylic acid groups (broad SMARTS) is 1. The van der Waals surface area contributed by atoms with Gasteiger partial charge < -0.3 is 81.6 Å². The highest BCUT2D eigenvalue weighted by Gasteiger charge is 2.38. The van der Waals surface area contributed by atoms with Crippen molar-refractivity contribution >= 4 is 65.0 Å². The number of guanidine groups is 1. The number of thioether (sulfide) groups is 1. The third-order valence-corrected chi connectivity index (χ3v) is 12.6. The van der Waals surface area contributed by atoms with Crippen molar-refractivity contribution in [3.63, 3.8) is 0 Å². The molecule has 21 N–H and O–H groups in total.